The zero-order chi connectivity index (χ0) is 9.12. The Labute approximate surface area is 84.1 Å². The van der Waals surface area contributed by atoms with Crippen molar-refractivity contribution in [2.45, 2.75) is 31.5 Å². The fourth-order valence-corrected chi connectivity index (χ4v) is 3.70. The summed E-state index contributed by atoms with van der Waals surface area (Å²) in [6.07, 6.45) is 13.7. The van der Waals surface area contributed by atoms with Gasteiger partial charge in [0.1, 0.15) is 6.10 Å². The lowest BCUT2D eigenvalue weighted by molar-refractivity contribution is 0.0475. The van der Waals surface area contributed by atoms with E-state index in [2.05, 4.69) is 24.3 Å². The molecule has 2 saturated carbocycles. The van der Waals surface area contributed by atoms with Gasteiger partial charge < -0.3 is 4.74 Å². The summed E-state index contributed by atoms with van der Waals surface area (Å²) in [6, 6.07) is 0. The van der Waals surface area contributed by atoms with E-state index < -0.39 is 0 Å². The Bertz CT molecular complexity index is 375. The van der Waals surface area contributed by atoms with E-state index in [1.807, 2.05) is 0 Å². The molecule has 2 fully saturated rings. The van der Waals surface area contributed by atoms with Gasteiger partial charge in [0, 0.05) is 0 Å². The predicted molar refractivity (Wildman–Crippen MR) is 54.8 cm³/mol. The van der Waals surface area contributed by atoms with Gasteiger partial charge in [-0.25, -0.2) is 0 Å². The summed E-state index contributed by atoms with van der Waals surface area (Å²) in [5, 5.41) is 0. The summed E-state index contributed by atoms with van der Waals surface area (Å²) in [5.74, 6) is 1.70. The Morgan fingerprint density at radius 3 is 3.21 bits per heavy atom. The first-order valence-electron chi connectivity index (χ1n) is 5.68. The van der Waals surface area contributed by atoms with Crippen molar-refractivity contribution in [1.29, 1.82) is 0 Å². The van der Waals surface area contributed by atoms with Crippen LogP contribution in [-0.2, 0) is 4.74 Å². The van der Waals surface area contributed by atoms with Gasteiger partial charge in [0.25, 0.3) is 0 Å². The van der Waals surface area contributed by atoms with Crippen LogP contribution in [0.25, 0.3) is 0 Å². The van der Waals surface area contributed by atoms with E-state index in [-0.39, 0.29) is 0 Å². The van der Waals surface area contributed by atoms with Gasteiger partial charge in [0.05, 0.1) is 6.10 Å². The van der Waals surface area contributed by atoms with Crippen LogP contribution in [0.3, 0.4) is 0 Å². The van der Waals surface area contributed by atoms with Crippen molar-refractivity contribution in [2.24, 2.45) is 11.8 Å². The fourth-order valence-electron chi connectivity index (χ4n) is 3.70. The Morgan fingerprint density at radius 2 is 2.21 bits per heavy atom. The molecular weight excluding hydrogens is 172 g/mol. The van der Waals surface area contributed by atoms with E-state index in [9.17, 15) is 0 Å². The van der Waals surface area contributed by atoms with E-state index in [4.69, 9.17) is 4.74 Å². The zero-order valence-corrected chi connectivity index (χ0v) is 8.15. The van der Waals surface area contributed by atoms with Crippen LogP contribution in [-0.4, -0.2) is 12.2 Å². The highest BCUT2D eigenvalue weighted by Gasteiger charge is 2.50. The SMILES string of the molecule is C1=CC2=C3C4CCC(C4)C3OC2C=C1. The molecule has 0 radical (unpaired) electrons. The minimum absolute atomic E-state index is 0.295. The fraction of sp³-hybridized carbons (Fsp3) is 0.538. The van der Waals surface area contributed by atoms with Crippen LogP contribution in [0.4, 0.5) is 0 Å². The molecule has 0 N–H and O–H groups in total. The predicted octanol–water partition coefficient (Wildman–Crippen LogP) is 2.61. The maximum Gasteiger partial charge on any atom is 0.102 e. The van der Waals surface area contributed by atoms with Crippen molar-refractivity contribution < 1.29 is 4.74 Å². The van der Waals surface area contributed by atoms with Gasteiger partial charge in [-0.15, -0.1) is 0 Å². The third kappa shape index (κ3) is 0.755. The summed E-state index contributed by atoms with van der Waals surface area (Å²) in [7, 11) is 0. The molecule has 4 rings (SSSR count). The van der Waals surface area contributed by atoms with Crippen LogP contribution < -0.4 is 0 Å². The minimum Gasteiger partial charge on any atom is -0.362 e. The maximum absolute atomic E-state index is 6.11. The lowest BCUT2D eigenvalue weighted by Gasteiger charge is -2.19. The molecule has 1 heteroatoms. The second kappa shape index (κ2) is 2.40. The smallest absolute Gasteiger partial charge is 0.102 e. The molecular formula is C13H14O. The third-order valence-electron chi connectivity index (χ3n) is 4.25. The average molecular weight is 186 g/mol. The van der Waals surface area contributed by atoms with Crippen LogP contribution in [0, 0.1) is 11.8 Å². The van der Waals surface area contributed by atoms with Gasteiger partial charge >= 0.3 is 0 Å². The summed E-state index contributed by atoms with van der Waals surface area (Å²) < 4.78 is 6.11. The third-order valence-corrected chi connectivity index (χ3v) is 4.25. The molecule has 1 nitrogen and oxygen atoms in total. The number of fused-ring (bicyclic) bond motifs is 6. The quantitative estimate of drug-likeness (QED) is 0.565. The highest BCUT2D eigenvalue weighted by Crippen LogP contribution is 2.54. The van der Waals surface area contributed by atoms with Crippen molar-refractivity contribution >= 4 is 0 Å². The number of hydrogen-bond acceptors (Lipinski definition) is 1. The largest absolute Gasteiger partial charge is 0.362 e. The van der Waals surface area contributed by atoms with Gasteiger partial charge in [-0.1, -0.05) is 24.3 Å². The Hall–Kier alpha value is -0.820. The molecule has 72 valence electrons. The Morgan fingerprint density at radius 1 is 1.21 bits per heavy atom. The average Bonchev–Trinajstić information content (AvgIpc) is 2.88. The molecule has 0 aromatic rings. The number of hydrogen-bond donors (Lipinski definition) is 0. The van der Waals surface area contributed by atoms with Crippen LogP contribution in [0.15, 0.2) is 35.5 Å². The molecule has 4 aliphatic rings. The number of ether oxygens (including phenoxy) is 1. The molecule has 0 aromatic carbocycles. The lowest BCUT2D eigenvalue weighted by Crippen LogP contribution is -2.20. The highest BCUT2D eigenvalue weighted by molar-refractivity contribution is 5.46. The van der Waals surface area contributed by atoms with Gasteiger partial charge in [-0.2, -0.15) is 0 Å². The molecule has 4 atom stereocenters. The standard InChI is InChI=1S/C13H14O/c1-2-4-11-10(3-1)12-8-5-6-9(7-8)13(12)14-11/h1-4,8-9,11,13H,5-7H2. The number of allylic oxidation sites excluding steroid dienone is 2. The van der Waals surface area contributed by atoms with Crippen LogP contribution >= 0.6 is 0 Å². The Balaban J connectivity index is 1.86. The van der Waals surface area contributed by atoms with Crippen molar-refractivity contribution in [3.05, 3.63) is 35.5 Å². The number of rotatable bonds is 0. The van der Waals surface area contributed by atoms with Crippen LogP contribution in [0.5, 0.6) is 0 Å². The molecule has 0 spiro atoms. The van der Waals surface area contributed by atoms with E-state index >= 15 is 0 Å². The van der Waals surface area contributed by atoms with E-state index in [1.54, 1.807) is 5.57 Å². The summed E-state index contributed by atoms with van der Waals surface area (Å²) in [5.41, 5.74) is 3.15. The second-order valence-electron chi connectivity index (χ2n) is 4.90. The van der Waals surface area contributed by atoms with Gasteiger partial charge in [-0.3, -0.25) is 0 Å². The topological polar surface area (TPSA) is 9.23 Å². The van der Waals surface area contributed by atoms with E-state index in [1.165, 1.54) is 24.8 Å². The molecule has 14 heavy (non-hydrogen) atoms. The molecule has 0 saturated heterocycles. The first-order chi connectivity index (χ1) is 6.93. The van der Waals surface area contributed by atoms with E-state index in [0.29, 0.717) is 12.2 Å². The highest BCUT2D eigenvalue weighted by atomic mass is 16.5. The summed E-state index contributed by atoms with van der Waals surface area (Å²) >= 11 is 0. The van der Waals surface area contributed by atoms with Gasteiger partial charge in [-0.05, 0) is 42.2 Å². The monoisotopic (exact) mass is 186 g/mol. The minimum atomic E-state index is 0.295. The molecule has 4 unspecified atom stereocenters. The van der Waals surface area contributed by atoms with Crippen molar-refractivity contribution in [2.75, 3.05) is 0 Å². The molecule has 0 aromatic heterocycles. The molecule has 1 heterocycles. The van der Waals surface area contributed by atoms with Crippen LogP contribution in [0.1, 0.15) is 19.3 Å². The van der Waals surface area contributed by atoms with Crippen LogP contribution in [0.2, 0.25) is 0 Å². The lowest BCUT2D eigenvalue weighted by atomic mass is 9.88. The van der Waals surface area contributed by atoms with Gasteiger partial charge in [0.15, 0.2) is 0 Å². The first kappa shape index (κ1) is 7.47. The summed E-state index contributed by atoms with van der Waals surface area (Å²) in [6.45, 7) is 0. The molecule has 2 bridgehead atoms. The van der Waals surface area contributed by atoms with Gasteiger partial charge in [0.2, 0.25) is 0 Å². The van der Waals surface area contributed by atoms with Crippen molar-refractivity contribution in [3.8, 4) is 0 Å². The van der Waals surface area contributed by atoms with E-state index in [0.717, 1.165) is 11.8 Å². The Kier molecular flexibility index (Phi) is 1.28. The normalized spacial score (nSPS) is 47.4. The summed E-state index contributed by atoms with van der Waals surface area (Å²) in [4.78, 5) is 0. The molecule has 0 amide bonds. The molecule has 1 aliphatic heterocycles. The zero-order valence-electron chi connectivity index (χ0n) is 8.15. The first-order valence-corrected chi connectivity index (χ1v) is 5.68. The second-order valence-corrected chi connectivity index (χ2v) is 4.90. The molecule has 3 aliphatic carbocycles. The maximum atomic E-state index is 6.11. The van der Waals surface area contributed by atoms with Crippen molar-refractivity contribution in [1.82, 2.24) is 0 Å². The van der Waals surface area contributed by atoms with Crippen molar-refractivity contribution in [3.63, 3.8) is 0 Å².